The molecule has 2 aliphatic rings. The van der Waals surface area contributed by atoms with Crippen molar-refractivity contribution in [1.29, 1.82) is 0 Å². The summed E-state index contributed by atoms with van der Waals surface area (Å²) in [4.78, 5) is 47.5. The quantitative estimate of drug-likeness (QED) is 0.343. The van der Waals surface area contributed by atoms with Gasteiger partial charge in [0, 0.05) is 12.1 Å². The largest absolute Gasteiger partial charge is 0.392 e. The van der Waals surface area contributed by atoms with Gasteiger partial charge in [-0.25, -0.2) is 0 Å². The first-order valence-electron chi connectivity index (χ1n) is 11.2. The molecule has 9 heteroatoms. The second-order valence-electron chi connectivity index (χ2n) is 8.42. The molecule has 0 heterocycles. The van der Waals surface area contributed by atoms with Gasteiger partial charge in [-0.05, 0) is 25.7 Å². The maximum atomic E-state index is 11.9. The van der Waals surface area contributed by atoms with E-state index in [1.54, 1.807) is 0 Å². The number of hydrogen-bond acceptors (Lipinski definition) is 5. The van der Waals surface area contributed by atoms with Gasteiger partial charge in [0.15, 0.2) is 0 Å². The lowest BCUT2D eigenvalue weighted by atomic mass is 9.95. The van der Waals surface area contributed by atoms with Crippen LogP contribution in [0.1, 0.15) is 77.0 Å². The van der Waals surface area contributed by atoms with Crippen LogP contribution in [-0.2, 0) is 19.2 Å². The van der Waals surface area contributed by atoms with E-state index in [2.05, 4.69) is 21.3 Å². The lowest BCUT2D eigenvalue weighted by Gasteiger charge is -2.23. The summed E-state index contributed by atoms with van der Waals surface area (Å²) in [5, 5.41) is 20.6. The summed E-state index contributed by atoms with van der Waals surface area (Å²) in [7, 11) is 0. The number of amides is 4. The van der Waals surface area contributed by atoms with Gasteiger partial charge in [-0.3, -0.25) is 19.2 Å². The molecule has 2 fully saturated rings. The van der Waals surface area contributed by atoms with Crippen LogP contribution in [0.3, 0.4) is 0 Å². The van der Waals surface area contributed by atoms with E-state index in [4.69, 9.17) is 0 Å². The van der Waals surface area contributed by atoms with Gasteiger partial charge < -0.3 is 26.4 Å². The minimum atomic E-state index is -1.17. The molecule has 0 aromatic rings. The number of carbonyl (C=O) groups is 4. The highest BCUT2D eigenvalue weighted by Crippen LogP contribution is 2.17. The maximum absolute atomic E-state index is 11.9. The maximum Gasteiger partial charge on any atom is 0.239 e. The molecule has 0 spiro atoms. The number of nitrogens with one attached hydrogen (secondary N) is 4. The van der Waals surface area contributed by atoms with Crippen LogP contribution in [0.25, 0.3) is 0 Å². The topological polar surface area (TPSA) is 137 Å². The predicted octanol–water partition coefficient (Wildman–Crippen LogP) is 0.258. The molecular formula is C21H36N4O5. The van der Waals surface area contributed by atoms with Gasteiger partial charge in [-0.1, -0.05) is 38.5 Å². The Morgan fingerprint density at radius 3 is 1.37 bits per heavy atom. The molecular weight excluding hydrogens is 388 g/mol. The average Bonchev–Trinajstić information content (AvgIpc) is 2.72. The Morgan fingerprint density at radius 2 is 1.00 bits per heavy atom. The highest BCUT2D eigenvalue weighted by molar-refractivity contribution is 5.86. The monoisotopic (exact) mass is 424 g/mol. The average molecular weight is 425 g/mol. The van der Waals surface area contributed by atoms with E-state index in [0.717, 1.165) is 51.4 Å². The van der Waals surface area contributed by atoms with Crippen molar-refractivity contribution in [1.82, 2.24) is 21.3 Å². The number of rotatable bonds is 10. The first kappa shape index (κ1) is 24.1. The summed E-state index contributed by atoms with van der Waals surface area (Å²) in [5.41, 5.74) is 0. The third kappa shape index (κ3) is 10.0. The molecule has 2 aliphatic carbocycles. The molecule has 0 atom stereocenters. The molecule has 30 heavy (non-hydrogen) atoms. The van der Waals surface area contributed by atoms with E-state index in [-0.39, 0.29) is 49.8 Å². The van der Waals surface area contributed by atoms with Crippen LogP contribution in [0.15, 0.2) is 0 Å². The zero-order valence-electron chi connectivity index (χ0n) is 17.7. The van der Waals surface area contributed by atoms with Crippen LogP contribution in [0.2, 0.25) is 0 Å². The molecule has 2 saturated carbocycles. The van der Waals surface area contributed by atoms with Gasteiger partial charge in [0.25, 0.3) is 0 Å². The van der Waals surface area contributed by atoms with Crippen LogP contribution >= 0.6 is 0 Å². The fourth-order valence-corrected chi connectivity index (χ4v) is 4.05. The van der Waals surface area contributed by atoms with Gasteiger partial charge in [0.2, 0.25) is 23.6 Å². The molecule has 0 bridgehead atoms. The highest BCUT2D eigenvalue weighted by atomic mass is 16.3. The fourth-order valence-electron chi connectivity index (χ4n) is 4.05. The van der Waals surface area contributed by atoms with E-state index in [0.29, 0.717) is 0 Å². The lowest BCUT2D eigenvalue weighted by molar-refractivity contribution is -0.130. The molecule has 0 radical (unpaired) electrons. The lowest BCUT2D eigenvalue weighted by Crippen LogP contribution is -2.44. The Kier molecular flexibility index (Phi) is 10.6. The van der Waals surface area contributed by atoms with E-state index < -0.39 is 17.9 Å². The molecule has 5 N–H and O–H groups in total. The number of aliphatic hydroxyl groups excluding tert-OH is 1. The molecule has 0 unspecified atom stereocenters. The zero-order valence-corrected chi connectivity index (χ0v) is 17.7. The second kappa shape index (κ2) is 13.2. The van der Waals surface area contributed by atoms with Gasteiger partial charge in [-0.2, -0.15) is 0 Å². The number of carbonyl (C=O) groups excluding carboxylic acids is 4. The molecule has 4 amide bonds. The predicted molar refractivity (Wildman–Crippen MR) is 111 cm³/mol. The van der Waals surface area contributed by atoms with Crippen LogP contribution in [0.5, 0.6) is 0 Å². The van der Waals surface area contributed by atoms with Gasteiger partial charge in [0.05, 0.1) is 32.0 Å². The molecule has 0 aromatic carbocycles. The molecule has 0 saturated heterocycles. The second-order valence-corrected chi connectivity index (χ2v) is 8.42. The number of aliphatic hydroxyl groups is 1. The van der Waals surface area contributed by atoms with Crippen LogP contribution < -0.4 is 21.3 Å². The Balaban J connectivity index is 1.54. The smallest absolute Gasteiger partial charge is 0.239 e. The zero-order chi connectivity index (χ0) is 21.8. The first-order chi connectivity index (χ1) is 14.4. The molecule has 170 valence electrons. The van der Waals surface area contributed by atoms with Crippen LogP contribution in [-0.4, -0.2) is 60.0 Å². The van der Waals surface area contributed by atoms with Crippen molar-refractivity contribution in [3.8, 4) is 0 Å². The van der Waals surface area contributed by atoms with Crippen molar-refractivity contribution in [3.63, 3.8) is 0 Å². The van der Waals surface area contributed by atoms with Crippen LogP contribution in [0.4, 0.5) is 0 Å². The van der Waals surface area contributed by atoms with E-state index in [9.17, 15) is 24.3 Å². The Bertz CT molecular complexity index is 536. The summed E-state index contributed by atoms with van der Waals surface area (Å²) >= 11 is 0. The molecule has 2 rings (SSSR count). The highest BCUT2D eigenvalue weighted by Gasteiger charge is 2.19. The third-order valence-corrected chi connectivity index (χ3v) is 5.67. The van der Waals surface area contributed by atoms with Crippen molar-refractivity contribution >= 4 is 23.6 Å². The number of hydrogen-bond donors (Lipinski definition) is 5. The van der Waals surface area contributed by atoms with Crippen molar-refractivity contribution in [2.45, 2.75) is 95.2 Å². The summed E-state index contributed by atoms with van der Waals surface area (Å²) in [5.74, 6) is -1.48. The minimum absolute atomic E-state index is 0.143. The Morgan fingerprint density at radius 1 is 0.633 bits per heavy atom. The van der Waals surface area contributed by atoms with Crippen LogP contribution in [0, 0.1) is 0 Å². The standard InChI is InChI=1S/C21H36N4O5/c26-17(11-18(27)22-13-20(29)24-15-7-3-1-4-8-15)12-19(28)23-14-21(30)25-16-9-5-2-6-10-16/h15-17,26H,1-14H2,(H,22,27)(H,23,28)(H,24,29)(H,25,30). The Hall–Kier alpha value is -2.16. The van der Waals surface area contributed by atoms with Gasteiger partial charge in [-0.15, -0.1) is 0 Å². The molecule has 0 aromatic heterocycles. The minimum Gasteiger partial charge on any atom is -0.392 e. The van der Waals surface area contributed by atoms with Crippen molar-refractivity contribution in [3.05, 3.63) is 0 Å². The van der Waals surface area contributed by atoms with Crippen molar-refractivity contribution in [2.24, 2.45) is 0 Å². The van der Waals surface area contributed by atoms with Crippen molar-refractivity contribution < 1.29 is 24.3 Å². The summed E-state index contributed by atoms with van der Waals surface area (Å²) < 4.78 is 0. The molecule has 0 aliphatic heterocycles. The SMILES string of the molecule is O=C(CC(O)CC(=O)NCC(=O)NC1CCCCC1)NCC(=O)NC1CCCCC1. The summed E-state index contributed by atoms with van der Waals surface area (Å²) in [6, 6.07) is 0.348. The van der Waals surface area contributed by atoms with E-state index >= 15 is 0 Å². The van der Waals surface area contributed by atoms with E-state index in [1.807, 2.05) is 0 Å². The summed E-state index contributed by atoms with van der Waals surface area (Å²) in [6.45, 7) is -0.287. The van der Waals surface area contributed by atoms with Gasteiger partial charge in [0.1, 0.15) is 0 Å². The van der Waals surface area contributed by atoms with E-state index in [1.165, 1.54) is 12.8 Å². The third-order valence-electron chi connectivity index (χ3n) is 5.67. The van der Waals surface area contributed by atoms with Crippen molar-refractivity contribution in [2.75, 3.05) is 13.1 Å². The molecule has 9 nitrogen and oxygen atoms in total. The van der Waals surface area contributed by atoms with Gasteiger partial charge >= 0.3 is 0 Å². The first-order valence-corrected chi connectivity index (χ1v) is 11.2. The fraction of sp³-hybridized carbons (Fsp3) is 0.810. The normalized spacial score (nSPS) is 17.9. The Labute approximate surface area is 178 Å². The summed E-state index contributed by atoms with van der Waals surface area (Å²) in [6.07, 6.45) is 8.93.